The van der Waals surface area contributed by atoms with Crippen molar-refractivity contribution in [2.24, 2.45) is 0 Å². The molecule has 5 heteroatoms. The van der Waals surface area contributed by atoms with E-state index >= 15 is 0 Å². The largest absolute Gasteiger partial charge is 0.456 e. The molecule has 4 heterocycles. The first-order valence-corrected chi connectivity index (χ1v) is 14.9. The SMILES string of the molecule is Cc1c2cccc1-c1cc3c(cc1Nc1c[c-]c(-c4ccccn4)cc1-2)oc1ccccc13.[Ir].[c-]1ccccc1-c1ccccn1. The molecule has 1 radical (unpaired) electrons. The second-order valence-electron chi connectivity index (χ2n) is 11.0. The van der Waals surface area contributed by atoms with Gasteiger partial charge in [0.05, 0.1) is 0 Å². The van der Waals surface area contributed by atoms with E-state index < -0.39 is 0 Å². The Morgan fingerprint density at radius 1 is 0.565 bits per heavy atom. The fourth-order valence-corrected chi connectivity index (χ4v) is 6.02. The topological polar surface area (TPSA) is 51.0 Å². The van der Waals surface area contributed by atoms with Crippen LogP contribution >= 0.6 is 0 Å². The fraction of sp³-hybridized carbons (Fsp3) is 0.0244. The van der Waals surface area contributed by atoms with Crippen LogP contribution in [0.1, 0.15) is 5.56 Å². The molecule has 223 valence electrons. The molecule has 4 nitrogen and oxygen atoms in total. The van der Waals surface area contributed by atoms with Crippen LogP contribution in [0, 0.1) is 19.1 Å². The van der Waals surface area contributed by atoms with Crippen molar-refractivity contribution in [2.75, 3.05) is 5.32 Å². The summed E-state index contributed by atoms with van der Waals surface area (Å²) in [6.07, 6.45) is 3.61. The van der Waals surface area contributed by atoms with Crippen molar-refractivity contribution in [1.82, 2.24) is 9.97 Å². The molecule has 1 N–H and O–H groups in total. The van der Waals surface area contributed by atoms with Crippen LogP contribution in [0.4, 0.5) is 11.4 Å². The number of fused-ring (bicyclic) bond motifs is 9. The van der Waals surface area contributed by atoms with Crippen LogP contribution in [-0.4, -0.2) is 9.97 Å². The third-order valence-electron chi connectivity index (χ3n) is 8.24. The second-order valence-corrected chi connectivity index (χ2v) is 11.0. The van der Waals surface area contributed by atoms with Crippen LogP contribution in [0.2, 0.25) is 0 Å². The molecule has 0 amide bonds. The number of rotatable bonds is 2. The molecule has 2 bridgehead atoms. The van der Waals surface area contributed by atoms with E-state index in [2.05, 4.69) is 82.9 Å². The maximum atomic E-state index is 6.18. The van der Waals surface area contributed by atoms with Gasteiger partial charge in [-0.1, -0.05) is 66.2 Å². The Morgan fingerprint density at radius 2 is 1.26 bits per heavy atom. The summed E-state index contributed by atoms with van der Waals surface area (Å²) in [5.74, 6) is 0. The van der Waals surface area contributed by atoms with Crippen molar-refractivity contribution >= 4 is 33.3 Å². The van der Waals surface area contributed by atoms with Gasteiger partial charge in [0.2, 0.25) is 0 Å². The number of hydrogen-bond acceptors (Lipinski definition) is 4. The number of anilines is 2. The van der Waals surface area contributed by atoms with Gasteiger partial charge >= 0.3 is 0 Å². The van der Waals surface area contributed by atoms with Gasteiger partial charge in [-0.15, -0.1) is 59.7 Å². The van der Waals surface area contributed by atoms with E-state index in [4.69, 9.17) is 4.42 Å². The summed E-state index contributed by atoms with van der Waals surface area (Å²) >= 11 is 0. The molecule has 0 saturated heterocycles. The monoisotopic (exact) mass is 770 g/mol. The molecule has 46 heavy (non-hydrogen) atoms. The second kappa shape index (κ2) is 12.6. The van der Waals surface area contributed by atoms with Crippen molar-refractivity contribution in [3.8, 4) is 44.8 Å². The number of hydrogen-bond donors (Lipinski definition) is 1. The molecule has 5 aromatic carbocycles. The normalized spacial score (nSPS) is 11.2. The summed E-state index contributed by atoms with van der Waals surface area (Å²) in [6.45, 7) is 2.21. The maximum Gasteiger partial charge on any atom is 0.137 e. The predicted molar refractivity (Wildman–Crippen MR) is 183 cm³/mol. The van der Waals surface area contributed by atoms with Crippen LogP contribution in [0.5, 0.6) is 0 Å². The first-order valence-electron chi connectivity index (χ1n) is 14.9. The van der Waals surface area contributed by atoms with E-state index in [0.29, 0.717) is 0 Å². The molecular weight excluding hydrogens is 743 g/mol. The van der Waals surface area contributed by atoms with E-state index in [9.17, 15) is 0 Å². The zero-order chi connectivity index (χ0) is 30.2. The minimum Gasteiger partial charge on any atom is -0.456 e. The molecule has 0 spiro atoms. The summed E-state index contributed by atoms with van der Waals surface area (Å²) in [7, 11) is 0. The summed E-state index contributed by atoms with van der Waals surface area (Å²) in [5.41, 5.74) is 13.8. The van der Waals surface area contributed by atoms with E-state index in [1.807, 2.05) is 85.1 Å². The summed E-state index contributed by atoms with van der Waals surface area (Å²) in [6, 6.07) is 49.6. The quantitative estimate of drug-likeness (QED) is 0.178. The fourth-order valence-electron chi connectivity index (χ4n) is 6.02. The number of para-hydroxylation sites is 1. The van der Waals surface area contributed by atoms with Crippen molar-refractivity contribution in [2.45, 2.75) is 6.92 Å². The first-order chi connectivity index (χ1) is 22.2. The van der Waals surface area contributed by atoms with Crippen molar-refractivity contribution in [3.05, 3.63) is 157 Å². The molecule has 1 aliphatic rings. The van der Waals surface area contributed by atoms with Gasteiger partial charge in [-0.2, -0.15) is 0 Å². The molecule has 0 atom stereocenters. The number of nitrogens with one attached hydrogen (secondary N) is 1. The Morgan fingerprint density at radius 3 is 1.98 bits per heavy atom. The third kappa shape index (κ3) is 5.41. The van der Waals surface area contributed by atoms with Gasteiger partial charge in [0.15, 0.2) is 0 Å². The predicted octanol–water partition coefficient (Wildman–Crippen LogP) is 10.7. The molecular formula is C41H27IrN3O-2. The van der Waals surface area contributed by atoms with Gasteiger partial charge < -0.3 is 19.7 Å². The van der Waals surface area contributed by atoms with Crippen molar-refractivity contribution in [3.63, 3.8) is 0 Å². The van der Waals surface area contributed by atoms with Crippen LogP contribution < -0.4 is 5.32 Å². The number of pyridine rings is 2. The molecule has 0 aliphatic carbocycles. The van der Waals surface area contributed by atoms with Gasteiger partial charge in [0, 0.05) is 60.6 Å². The van der Waals surface area contributed by atoms with Gasteiger partial charge in [-0.25, -0.2) is 0 Å². The van der Waals surface area contributed by atoms with Gasteiger partial charge in [-0.3, -0.25) is 0 Å². The molecule has 1 aliphatic heterocycles. The maximum absolute atomic E-state index is 6.18. The zero-order valence-corrected chi connectivity index (χ0v) is 27.3. The first kappa shape index (κ1) is 29.4. The third-order valence-corrected chi connectivity index (χ3v) is 8.24. The van der Waals surface area contributed by atoms with Crippen LogP contribution in [0.15, 0.2) is 144 Å². The average Bonchev–Trinajstić information content (AvgIpc) is 3.47. The number of nitrogens with zero attached hydrogens (tertiary/aromatic N) is 2. The minimum atomic E-state index is 0. The standard InChI is InChI=1S/C30H19N2O.C11H8N.Ir/c1-18-20-8-6-9-21(18)24-16-25-22-7-2-3-11-29(22)33-30(25)17-28(24)32-27-13-12-19(15-23(20)27)26-10-4-5-14-31-26;1-2-6-10(7-3-1)11-8-4-5-9-12-11;/h2-11,13-17,32H,1H3;1-6,8-9H;/q2*-1;. The molecule has 0 unspecified atom stereocenters. The summed E-state index contributed by atoms with van der Waals surface area (Å²) < 4.78 is 6.18. The zero-order valence-electron chi connectivity index (χ0n) is 24.9. The Bertz CT molecular complexity index is 2260. The number of aromatic nitrogens is 2. The van der Waals surface area contributed by atoms with Crippen LogP contribution in [0.25, 0.3) is 66.7 Å². The summed E-state index contributed by atoms with van der Waals surface area (Å²) in [5, 5.41) is 5.96. The molecule has 8 aromatic rings. The molecule has 0 fully saturated rings. The smallest absolute Gasteiger partial charge is 0.137 e. The molecule has 3 aromatic heterocycles. The Labute approximate surface area is 281 Å². The number of benzene rings is 5. The Kier molecular flexibility index (Phi) is 8.02. The average molecular weight is 770 g/mol. The minimum absolute atomic E-state index is 0. The van der Waals surface area contributed by atoms with E-state index in [0.717, 1.165) is 61.4 Å². The van der Waals surface area contributed by atoms with E-state index in [-0.39, 0.29) is 20.1 Å². The molecule has 0 saturated carbocycles. The van der Waals surface area contributed by atoms with Crippen molar-refractivity contribution < 1.29 is 24.5 Å². The van der Waals surface area contributed by atoms with Crippen molar-refractivity contribution in [1.29, 1.82) is 0 Å². The van der Waals surface area contributed by atoms with Crippen LogP contribution in [-0.2, 0) is 20.1 Å². The van der Waals surface area contributed by atoms with E-state index in [1.54, 1.807) is 6.20 Å². The Balaban J connectivity index is 0.000000220. The van der Waals surface area contributed by atoms with Gasteiger partial charge in [0.1, 0.15) is 11.2 Å². The number of furan rings is 1. The Hall–Kier alpha value is -5.35. The van der Waals surface area contributed by atoms with E-state index in [1.165, 1.54) is 22.3 Å². The van der Waals surface area contributed by atoms with Gasteiger partial charge in [-0.05, 0) is 65.0 Å². The van der Waals surface area contributed by atoms with Gasteiger partial charge in [0.25, 0.3) is 0 Å². The van der Waals surface area contributed by atoms with Crippen LogP contribution in [0.3, 0.4) is 0 Å². The molecule has 9 rings (SSSR count). The summed E-state index contributed by atoms with van der Waals surface area (Å²) in [4.78, 5) is 8.74.